The molecular weight excluding hydrogens is 404 g/mol. The highest BCUT2D eigenvalue weighted by molar-refractivity contribution is 7.92. The average Bonchev–Trinajstić information content (AvgIpc) is 2.68. The Labute approximate surface area is 178 Å². The number of methoxy groups -OCH3 is 1. The van der Waals surface area contributed by atoms with Crippen molar-refractivity contribution in [3.05, 3.63) is 59.2 Å². The van der Waals surface area contributed by atoms with Crippen LogP contribution in [0.3, 0.4) is 0 Å². The summed E-state index contributed by atoms with van der Waals surface area (Å²) >= 11 is 0. The fraction of sp³-hybridized carbons (Fsp3) is 0.409. The maximum Gasteiger partial charge on any atom is 0.261 e. The Bertz CT molecular complexity index is 983. The van der Waals surface area contributed by atoms with E-state index in [4.69, 9.17) is 9.47 Å². The third-order valence-electron chi connectivity index (χ3n) is 5.15. The Kier molecular flexibility index (Phi) is 7.12. The summed E-state index contributed by atoms with van der Waals surface area (Å²) in [5, 5.41) is 0. The van der Waals surface area contributed by atoms with Gasteiger partial charge in [-0.05, 0) is 67.8 Å². The van der Waals surface area contributed by atoms with E-state index >= 15 is 0 Å². The van der Waals surface area contributed by atoms with Gasteiger partial charge in [0, 0.05) is 44.7 Å². The number of anilines is 1. The molecule has 1 saturated heterocycles. The van der Waals surface area contributed by atoms with Gasteiger partial charge in [0.1, 0.15) is 0 Å². The van der Waals surface area contributed by atoms with Gasteiger partial charge in [0.2, 0.25) is 0 Å². The number of carbonyl (C=O) groups is 1. The quantitative estimate of drug-likeness (QED) is 0.616. The van der Waals surface area contributed by atoms with Crippen molar-refractivity contribution in [1.82, 2.24) is 4.90 Å². The van der Waals surface area contributed by atoms with Gasteiger partial charge in [-0.15, -0.1) is 0 Å². The molecule has 0 radical (unpaired) electrons. The highest BCUT2D eigenvalue weighted by Gasteiger charge is 2.31. The first-order chi connectivity index (χ1) is 14.3. The van der Waals surface area contributed by atoms with Gasteiger partial charge in [-0.3, -0.25) is 9.52 Å². The molecule has 3 rings (SSSR count). The predicted molar refractivity (Wildman–Crippen MR) is 115 cm³/mol. The van der Waals surface area contributed by atoms with E-state index in [9.17, 15) is 13.2 Å². The largest absolute Gasteiger partial charge is 0.385 e. The maximum absolute atomic E-state index is 12.6. The van der Waals surface area contributed by atoms with Crippen LogP contribution >= 0.6 is 0 Å². The van der Waals surface area contributed by atoms with Crippen molar-refractivity contribution in [2.24, 2.45) is 0 Å². The zero-order chi connectivity index (χ0) is 21.7. The van der Waals surface area contributed by atoms with Crippen LogP contribution in [-0.4, -0.2) is 58.7 Å². The summed E-state index contributed by atoms with van der Waals surface area (Å²) in [5.41, 5.74) is 2.87. The third-order valence-corrected chi connectivity index (χ3v) is 6.53. The summed E-state index contributed by atoms with van der Waals surface area (Å²) in [7, 11) is -2.03. The van der Waals surface area contributed by atoms with Gasteiger partial charge in [-0.25, -0.2) is 8.42 Å². The van der Waals surface area contributed by atoms with Gasteiger partial charge < -0.3 is 14.4 Å². The number of nitrogens with one attached hydrogen (secondary N) is 1. The van der Waals surface area contributed by atoms with E-state index in [0.29, 0.717) is 37.6 Å². The number of rotatable bonds is 9. The monoisotopic (exact) mass is 432 g/mol. The summed E-state index contributed by atoms with van der Waals surface area (Å²) in [6.07, 6.45) is 0.898. The lowest BCUT2D eigenvalue weighted by Gasteiger charge is -2.39. The molecule has 0 unspecified atom stereocenters. The van der Waals surface area contributed by atoms with Crippen LogP contribution in [-0.2, 0) is 19.5 Å². The molecule has 30 heavy (non-hydrogen) atoms. The first kappa shape index (κ1) is 22.3. The minimum absolute atomic E-state index is 0.0647. The van der Waals surface area contributed by atoms with Crippen molar-refractivity contribution in [2.45, 2.75) is 31.3 Å². The summed E-state index contributed by atoms with van der Waals surface area (Å²) in [4.78, 5) is 14.5. The average molecular weight is 433 g/mol. The van der Waals surface area contributed by atoms with E-state index in [1.807, 2.05) is 13.8 Å². The number of aryl methyl sites for hydroxylation is 2. The van der Waals surface area contributed by atoms with E-state index in [1.165, 1.54) is 0 Å². The molecule has 1 heterocycles. The summed E-state index contributed by atoms with van der Waals surface area (Å²) < 4.78 is 38.4. The van der Waals surface area contributed by atoms with Crippen molar-refractivity contribution < 1.29 is 22.7 Å². The molecule has 2 aromatic carbocycles. The van der Waals surface area contributed by atoms with E-state index in [-0.39, 0.29) is 16.9 Å². The molecule has 0 spiro atoms. The number of hydrogen-bond donors (Lipinski definition) is 1. The first-order valence-electron chi connectivity index (χ1n) is 9.90. The first-order valence-corrected chi connectivity index (χ1v) is 11.4. The van der Waals surface area contributed by atoms with Crippen LogP contribution in [0.15, 0.2) is 47.4 Å². The fourth-order valence-electron chi connectivity index (χ4n) is 3.12. The predicted octanol–water partition coefficient (Wildman–Crippen LogP) is 2.98. The molecule has 1 N–H and O–H groups in total. The van der Waals surface area contributed by atoms with Crippen LogP contribution in [0.1, 0.15) is 27.9 Å². The highest BCUT2D eigenvalue weighted by Crippen LogP contribution is 2.21. The Balaban J connectivity index is 1.55. The van der Waals surface area contributed by atoms with Crippen LogP contribution in [0.25, 0.3) is 0 Å². The van der Waals surface area contributed by atoms with Crippen LogP contribution in [0.4, 0.5) is 5.69 Å². The van der Waals surface area contributed by atoms with E-state index < -0.39 is 10.0 Å². The smallest absolute Gasteiger partial charge is 0.261 e. The lowest BCUT2D eigenvalue weighted by molar-refractivity contribution is -0.0464. The maximum atomic E-state index is 12.6. The number of nitrogens with zero attached hydrogens (tertiary/aromatic N) is 1. The summed E-state index contributed by atoms with van der Waals surface area (Å²) in [6, 6.07) is 11.5. The second-order valence-corrected chi connectivity index (χ2v) is 9.16. The van der Waals surface area contributed by atoms with Crippen molar-refractivity contribution in [2.75, 3.05) is 38.1 Å². The molecule has 0 aliphatic carbocycles. The Hall–Kier alpha value is -2.42. The minimum Gasteiger partial charge on any atom is -0.385 e. The van der Waals surface area contributed by atoms with Gasteiger partial charge in [0.05, 0.1) is 11.0 Å². The zero-order valence-electron chi connectivity index (χ0n) is 17.6. The molecule has 0 bridgehead atoms. The molecule has 0 saturated carbocycles. The molecule has 1 amide bonds. The van der Waals surface area contributed by atoms with Crippen LogP contribution < -0.4 is 4.72 Å². The van der Waals surface area contributed by atoms with Crippen molar-refractivity contribution in [3.8, 4) is 0 Å². The van der Waals surface area contributed by atoms with Gasteiger partial charge in [0.15, 0.2) is 0 Å². The van der Waals surface area contributed by atoms with E-state index in [0.717, 1.165) is 17.5 Å². The number of sulfonamides is 1. The topological polar surface area (TPSA) is 84.9 Å². The Morgan fingerprint density at radius 3 is 2.40 bits per heavy atom. The Morgan fingerprint density at radius 2 is 1.77 bits per heavy atom. The highest BCUT2D eigenvalue weighted by atomic mass is 32.2. The van der Waals surface area contributed by atoms with Gasteiger partial charge in [-0.1, -0.05) is 6.07 Å². The van der Waals surface area contributed by atoms with E-state index in [1.54, 1.807) is 54.5 Å². The molecule has 1 fully saturated rings. The number of amides is 1. The van der Waals surface area contributed by atoms with E-state index in [2.05, 4.69) is 4.72 Å². The number of carbonyl (C=O) groups excluding carboxylic acids is 1. The molecule has 2 aromatic rings. The fourth-order valence-corrected chi connectivity index (χ4v) is 4.26. The molecule has 162 valence electrons. The normalized spacial score (nSPS) is 14.4. The SMILES string of the molecule is COCCCOC1CN(C(=O)c2ccc(NS(=O)(=O)c3ccc(C)c(C)c3)cc2)C1. The number of benzene rings is 2. The van der Waals surface area contributed by atoms with Crippen LogP contribution in [0.5, 0.6) is 0 Å². The standard InChI is InChI=1S/C22H28N2O5S/c1-16-5-10-21(13-17(16)2)30(26,27)23-19-8-6-18(7-9-19)22(25)24-14-20(15-24)29-12-4-11-28-3/h5-10,13,20,23H,4,11-12,14-15H2,1-3H3. The third kappa shape index (κ3) is 5.38. The lowest BCUT2D eigenvalue weighted by Crippen LogP contribution is -2.54. The minimum atomic E-state index is -3.69. The molecule has 0 atom stereocenters. The zero-order valence-corrected chi connectivity index (χ0v) is 18.4. The number of likely N-dealkylation sites (tertiary alicyclic amines) is 1. The molecule has 1 aliphatic rings. The van der Waals surface area contributed by atoms with Crippen LogP contribution in [0.2, 0.25) is 0 Å². The summed E-state index contributed by atoms with van der Waals surface area (Å²) in [5.74, 6) is -0.0877. The van der Waals surface area contributed by atoms with Gasteiger partial charge >= 0.3 is 0 Å². The molecule has 8 heteroatoms. The molecule has 7 nitrogen and oxygen atoms in total. The molecule has 1 aliphatic heterocycles. The molecular formula is C22H28N2O5S. The van der Waals surface area contributed by atoms with Crippen molar-refractivity contribution in [3.63, 3.8) is 0 Å². The van der Waals surface area contributed by atoms with Crippen molar-refractivity contribution >= 4 is 21.6 Å². The second-order valence-electron chi connectivity index (χ2n) is 7.48. The molecule has 0 aromatic heterocycles. The lowest BCUT2D eigenvalue weighted by atomic mass is 10.1. The summed E-state index contributed by atoms with van der Waals surface area (Å²) in [6.45, 7) is 6.22. The Morgan fingerprint density at radius 1 is 1.07 bits per heavy atom. The van der Waals surface area contributed by atoms with Crippen LogP contribution in [0, 0.1) is 13.8 Å². The number of hydrogen-bond acceptors (Lipinski definition) is 5. The van der Waals surface area contributed by atoms with Gasteiger partial charge in [-0.2, -0.15) is 0 Å². The van der Waals surface area contributed by atoms with Crippen molar-refractivity contribution in [1.29, 1.82) is 0 Å². The second kappa shape index (κ2) is 9.59. The number of ether oxygens (including phenoxy) is 2. The van der Waals surface area contributed by atoms with Gasteiger partial charge in [0.25, 0.3) is 15.9 Å².